The lowest BCUT2D eigenvalue weighted by molar-refractivity contribution is 0.0506. The second-order valence-corrected chi connectivity index (χ2v) is 9.64. The number of methoxy groups -OCH3 is 1. The molecule has 1 aliphatic rings. The van der Waals surface area contributed by atoms with Crippen molar-refractivity contribution in [1.29, 1.82) is 0 Å². The second-order valence-electron chi connectivity index (χ2n) is 9.20. The number of aromatic nitrogens is 2. The van der Waals surface area contributed by atoms with Crippen molar-refractivity contribution in [2.24, 2.45) is 7.05 Å². The minimum Gasteiger partial charge on any atom is -0.493 e. The predicted octanol–water partition coefficient (Wildman–Crippen LogP) is 6.36. The standard InChI is InChI=1S/C30H30ClN3O4/c1-33-30(38-27-13-7-6-12-26(27)36-2)25(28(32-33)21-9-4-3-5-10-21)20-34(19-24-11-8-18-37-24)29(35)22-14-16-23(31)17-15-22/h3-7,9-10,12-17,24H,8,11,18-20H2,1-2H3. The van der Waals surface area contributed by atoms with Crippen LogP contribution in [0.3, 0.4) is 0 Å². The van der Waals surface area contributed by atoms with Crippen LogP contribution in [0.1, 0.15) is 28.8 Å². The van der Waals surface area contributed by atoms with Gasteiger partial charge in [0.15, 0.2) is 11.5 Å². The quantitative estimate of drug-likeness (QED) is 0.251. The number of ether oxygens (including phenoxy) is 3. The Balaban J connectivity index is 1.57. The van der Waals surface area contributed by atoms with Crippen molar-refractivity contribution >= 4 is 17.5 Å². The van der Waals surface area contributed by atoms with E-state index in [1.165, 1.54) is 0 Å². The molecule has 1 amide bonds. The molecule has 0 spiro atoms. The predicted molar refractivity (Wildman–Crippen MR) is 147 cm³/mol. The van der Waals surface area contributed by atoms with Crippen molar-refractivity contribution in [3.8, 4) is 28.6 Å². The Morgan fingerprint density at radius 3 is 2.45 bits per heavy atom. The van der Waals surface area contributed by atoms with Crippen LogP contribution in [0.4, 0.5) is 0 Å². The van der Waals surface area contributed by atoms with Gasteiger partial charge in [-0.05, 0) is 49.2 Å². The number of para-hydroxylation sites is 2. The molecule has 0 N–H and O–H groups in total. The molecule has 196 valence electrons. The molecule has 7 nitrogen and oxygen atoms in total. The van der Waals surface area contributed by atoms with E-state index < -0.39 is 0 Å². The Bertz CT molecular complexity index is 1380. The number of rotatable bonds is 9. The van der Waals surface area contributed by atoms with Crippen LogP contribution in [0.15, 0.2) is 78.9 Å². The highest BCUT2D eigenvalue weighted by Crippen LogP contribution is 2.37. The van der Waals surface area contributed by atoms with Crippen molar-refractivity contribution in [2.75, 3.05) is 20.3 Å². The molecule has 0 saturated carbocycles. The molecule has 0 radical (unpaired) electrons. The molecule has 1 aliphatic heterocycles. The summed E-state index contributed by atoms with van der Waals surface area (Å²) >= 11 is 6.09. The van der Waals surface area contributed by atoms with Gasteiger partial charge in [0.1, 0.15) is 5.69 Å². The highest BCUT2D eigenvalue weighted by molar-refractivity contribution is 6.30. The van der Waals surface area contributed by atoms with Crippen LogP contribution in [-0.4, -0.2) is 47.0 Å². The van der Waals surface area contributed by atoms with Crippen LogP contribution >= 0.6 is 11.6 Å². The molecule has 0 aliphatic carbocycles. The molecule has 3 aromatic carbocycles. The number of amides is 1. The smallest absolute Gasteiger partial charge is 0.254 e. The second kappa shape index (κ2) is 11.7. The number of hydrogen-bond acceptors (Lipinski definition) is 5. The molecule has 5 rings (SSSR count). The van der Waals surface area contributed by atoms with Gasteiger partial charge in [-0.15, -0.1) is 0 Å². The van der Waals surface area contributed by atoms with Crippen LogP contribution in [0.5, 0.6) is 17.4 Å². The van der Waals surface area contributed by atoms with E-state index in [-0.39, 0.29) is 18.6 Å². The van der Waals surface area contributed by atoms with E-state index >= 15 is 0 Å². The van der Waals surface area contributed by atoms with Crippen LogP contribution in [0.2, 0.25) is 5.02 Å². The molecule has 4 aromatic rings. The number of hydrogen-bond donors (Lipinski definition) is 0. The molecule has 0 bridgehead atoms. The van der Waals surface area contributed by atoms with E-state index in [4.69, 9.17) is 30.9 Å². The Hall–Kier alpha value is -3.81. The summed E-state index contributed by atoms with van der Waals surface area (Å²) in [4.78, 5) is 15.6. The number of halogens is 1. The molecule has 1 aromatic heterocycles. The topological polar surface area (TPSA) is 65.8 Å². The fraction of sp³-hybridized carbons (Fsp3) is 0.267. The first-order valence-electron chi connectivity index (χ1n) is 12.6. The third-order valence-corrected chi connectivity index (χ3v) is 6.84. The molecule has 1 fully saturated rings. The van der Waals surface area contributed by atoms with Gasteiger partial charge in [0.05, 0.1) is 25.3 Å². The Kier molecular flexibility index (Phi) is 7.96. The van der Waals surface area contributed by atoms with E-state index in [9.17, 15) is 4.79 Å². The lowest BCUT2D eigenvalue weighted by Gasteiger charge is -2.26. The van der Waals surface area contributed by atoms with Gasteiger partial charge < -0.3 is 19.1 Å². The highest BCUT2D eigenvalue weighted by Gasteiger charge is 2.28. The first-order valence-corrected chi connectivity index (χ1v) is 13.0. The van der Waals surface area contributed by atoms with Crippen molar-refractivity contribution in [3.63, 3.8) is 0 Å². The third kappa shape index (κ3) is 5.69. The minimum atomic E-state index is -0.108. The Morgan fingerprint density at radius 1 is 1.05 bits per heavy atom. The Morgan fingerprint density at radius 2 is 1.76 bits per heavy atom. The summed E-state index contributed by atoms with van der Waals surface area (Å²) in [5.74, 6) is 1.60. The molecule has 2 heterocycles. The average molecular weight is 532 g/mol. The number of nitrogens with zero attached hydrogens (tertiary/aromatic N) is 3. The lowest BCUT2D eigenvalue weighted by atomic mass is 10.1. The van der Waals surface area contributed by atoms with E-state index in [1.54, 1.807) is 36.1 Å². The summed E-state index contributed by atoms with van der Waals surface area (Å²) in [5.41, 5.74) is 3.04. The molecule has 1 saturated heterocycles. The molecule has 8 heteroatoms. The van der Waals surface area contributed by atoms with Gasteiger partial charge in [-0.3, -0.25) is 4.79 Å². The molecular formula is C30H30ClN3O4. The number of carbonyl (C=O) groups excluding carboxylic acids is 1. The number of carbonyl (C=O) groups is 1. The van der Waals surface area contributed by atoms with Gasteiger partial charge >= 0.3 is 0 Å². The highest BCUT2D eigenvalue weighted by atomic mass is 35.5. The van der Waals surface area contributed by atoms with Crippen LogP contribution in [-0.2, 0) is 18.3 Å². The number of aryl methyl sites for hydroxylation is 1. The normalized spacial score (nSPS) is 14.9. The summed E-state index contributed by atoms with van der Waals surface area (Å²) in [6, 6.07) is 24.3. The summed E-state index contributed by atoms with van der Waals surface area (Å²) < 4.78 is 19.6. The van der Waals surface area contributed by atoms with Crippen molar-refractivity contribution in [3.05, 3.63) is 95.0 Å². The van der Waals surface area contributed by atoms with E-state index in [2.05, 4.69) is 0 Å². The van der Waals surface area contributed by atoms with Gasteiger partial charge in [0.25, 0.3) is 5.91 Å². The van der Waals surface area contributed by atoms with E-state index in [0.717, 1.165) is 29.7 Å². The molecule has 1 atom stereocenters. The van der Waals surface area contributed by atoms with Crippen molar-refractivity contribution < 1.29 is 19.0 Å². The minimum absolute atomic E-state index is 0.0262. The maximum absolute atomic E-state index is 13.8. The summed E-state index contributed by atoms with van der Waals surface area (Å²) in [6.45, 7) is 1.44. The maximum atomic E-state index is 13.8. The molecular weight excluding hydrogens is 502 g/mol. The fourth-order valence-corrected chi connectivity index (χ4v) is 4.80. The zero-order valence-electron chi connectivity index (χ0n) is 21.5. The first kappa shape index (κ1) is 25.8. The van der Waals surface area contributed by atoms with Gasteiger partial charge in [0, 0.05) is 36.3 Å². The average Bonchev–Trinajstić information content (AvgIpc) is 3.57. The van der Waals surface area contributed by atoms with Crippen molar-refractivity contribution in [1.82, 2.24) is 14.7 Å². The summed E-state index contributed by atoms with van der Waals surface area (Å²) in [7, 11) is 3.45. The SMILES string of the molecule is COc1ccccc1Oc1c(CN(CC2CCCO2)C(=O)c2ccc(Cl)cc2)c(-c2ccccc2)nn1C. The molecule has 1 unspecified atom stereocenters. The zero-order chi connectivity index (χ0) is 26.5. The van der Waals surface area contributed by atoms with Gasteiger partial charge in [-0.25, -0.2) is 4.68 Å². The third-order valence-electron chi connectivity index (χ3n) is 6.59. The molecule has 38 heavy (non-hydrogen) atoms. The van der Waals surface area contributed by atoms with Crippen molar-refractivity contribution in [2.45, 2.75) is 25.5 Å². The van der Waals surface area contributed by atoms with E-state index in [1.807, 2.05) is 66.5 Å². The summed E-state index contributed by atoms with van der Waals surface area (Å²) in [6.07, 6.45) is 1.87. The van der Waals surface area contributed by atoms with Crippen LogP contribution in [0, 0.1) is 0 Å². The van der Waals surface area contributed by atoms with Gasteiger partial charge in [-0.2, -0.15) is 5.10 Å². The monoisotopic (exact) mass is 531 g/mol. The van der Waals surface area contributed by atoms with Gasteiger partial charge in [0.2, 0.25) is 5.88 Å². The first-order chi connectivity index (χ1) is 18.5. The van der Waals surface area contributed by atoms with Gasteiger partial charge in [-0.1, -0.05) is 54.1 Å². The Labute approximate surface area is 227 Å². The van der Waals surface area contributed by atoms with E-state index in [0.29, 0.717) is 41.1 Å². The van der Waals surface area contributed by atoms with Crippen LogP contribution < -0.4 is 9.47 Å². The zero-order valence-corrected chi connectivity index (χ0v) is 22.2. The fourth-order valence-electron chi connectivity index (χ4n) is 4.68. The largest absolute Gasteiger partial charge is 0.493 e. The lowest BCUT2D eigenvalue weighted by Crippen LogP contribution is -2.37. The number of benzene rings is 3. The van der Waals surface area contributed by atoms with Crippen LogP contribution in [0.25, 0.3) is 11.3 Å². The maximum Gasteiger partial charge on any atom is 0.254 e. The summed E-state index contributed by atoms with van der Waals surface area (Å²) in [5, 5.41) is 5.41.